The monoisotopic (exact) mass is 258 g/mol. The molecule has 4 heteroatoms. The van der Waals surface area contributed by atoms with E-state index in [9.17, 15) is 0 Å². The predicted octanol–water partition coefficient (Wildman–Crippen LogP) is 2.36. The Morgan fingerprint density at radius 2 is 2.16 bits per heavy atom. The molecule has 1 unspecified atom stereocenters. The number of hydrogen-bond acceptors (Lipinski definition) is 3. The second-order valence-electron chi connectivity index (χ2n) is 4.60. The lowest BCUT2D eigenvalue weighted by Crippen LogP contribution is -2.21. The van der Waals surface area contributed by atoms with Crippen LogP contribution in [0.5, 0.6) is 0 Å². The molecule has 0 amide bonds. The molecule has 0 aliphatic heterocycles. The van der Waals surface area contributed by atoms with E-state index in [1.807, 2.05) is 25.4 Å². The first-order chi connectivity index (χ1) is 9.28. The Labute approximate surface area is 114 Å². The van der Waals surface area contributed by atoms with Gasteiger partial charge in [0, 0.05) is 24.9 Å². The van der Waals surface area contributed by atoms with E-state index in [0.717, 1.165) is 30.8 Å². The molecule has 0 aliphatic rings. The molecule has 102 valence electrons. The Kier molecular flexibility index (Phi) is 4.68. The SMILES string of the molecule is CCc1cc(CC(NC)c2ccccn2)n(CC)n1. The molecule has 2 rings (SSSR count). The molecule has 2 aromatic heterocycles. The number of nitrogens with zero attached hydrogens (tertiary/aromatic N) is 3. The van der Waals surface area contributed by atoms with Crippen LogP contribution in [0.15, 0.2) is 30.5 Å². The molecule has 0 aromatic carbocycles. The molecule has 0 saturated carbocycles. The van der Waals surface area contributed by atoms with Crippen LogP contribution in [0, 0.1) is 0 Å². The lowest BCUT2D eigenvalue weighted by Gasteiger charge is -2.16. The molecule has 0 spiro atoms. The van der Waals surface area contributed by atoms with Crippen molar-refractivity contribution < 1.29 is 0 Å². The van der Waals surface area contributed by atoms with Crippen molar-refractivity contribution in [2.24, 2.45) is 0 Å². The summed E-state index contributed by atoms with van der Waals surface area (Å²) >= 11 is 0. The zero-order valence-electron chi connectivity index (χ0n) is 11.9. The van der Waals surface area contributed by atoms with Gasteiger partial charge in [0.1, 0.15) is 0 Å². The number of nitrogens with one attached hydrogen (secondary N) is 1. The Balaban J connectivity index is 2.21. The highest BCUT2D eigenvalue weighted by molar-refractivity contribution is 5.16. The van der Waals surface area contributed by atoms with Gasteiger partial charge in [0.2, 0.25) is 0 Å². The van der Waals surface area contributed by atoms with Gasteiger partial charge in [-0.05, 0) is 38.6 Å². The summed E-state index contributed by atoms with van der Waals surface area (Å²) in [6.45, 7) is 5.18. The lowest BCUT2D eigenvalue weighted by atomic mass is 10.1. The topological polar surface area (TPSA) is 42.7 Å². The van der Waals surface area contributed by atoms with Crippen LogP contribution in [0.1, 0.15) is 37.0 Å². The Morgan fingerprint density at radius 3 is 2.74 bits per heavy atom. The maximum Gasteiger partial charge on any atom is 0.0624 e. The van der Waals surface area contributed by atoms with Gasteiger partial charge in [-0.2, -0.15) is 5.10 Å². The standard InChI is InChI=1S/C15H22N4/c1-4-12-10-13(19(5-2)18-12)11-15(16-3)14-8-6-7-9-17-14/h6-10,15-16H,4-5,11H2,1-3H3. The highest BCUT2D eigenvalue weighted by atomic mass is 15.3. The van der Waals surface area contributed by atoms with E-state index in [1.165, 1.54) is 5.69 Å². The van der Waals surface area contributed by atoms with E-state index in [1.54, 1.807) is 0 Å². The van der Waals surface area contributed by atoms with Crippen molar-refractivity contribution in [3.63, 3.8) is 0 Å². The van der Waals surface area contributed by atoms with Gasteiger partial charge >= 0.3 is 0 Å². The summed E-state index contributed by atoms with van der Waals surface area (Å²) in [4.78, 5) is 4.44. The highest BCUT2D eigenvalue weighted by Gasteiger charge is 2.14. The molecular formula is C15H22N4. The minimum Gasteiger partial charge on any atom is -0.311 e. The summed E-state index contributed by atoms with van der Waals surface area (Å²) < 4.78 is 2.09. The number of pyridine rings is 1. The van der Waals surface area contributed by atoms with Crippen LogP contribution >= 0.6 is 0 Å². The normalized spacial score (nSPS) is 12.6. The fourth-order valence-electron chi connectivity index (χ4n) is 2.27. The van der Waals surface area contributed by atoms with E-state index < -0.39 is 0 Å². The average Bonchev–Trinajstić information content (AvgIpc) is 2.87. The summed E-state index contributed by atoms with van der Waals surface area (Å²) in [5.41, 5.74) is 3.50. The van der Waals surface area contributed by atoms with Gasteiger partial charge in [0.25, 0.3) is 0 Å². The van der Waals surface area contributed by atoms with Crippen LogP contribution < -0.4 is 5.32 Å². The number of likely N-dealkylation sites (N-methyl/N-ethyl adjacent to an activating group) is 1. The third-order valence-corrected chi connectivity index (χ3v) is 3.38. The number of aromatic nitrogens is 3. The van der Waals surface area contributed by atoms with Crippen LogP contribution in [-0.4, -0.2) is 21.8 Å². The molecule has 1 N–H and O–H groups in total. The summed E-state index contributed by atoms with van der Waals surface area (Å²) in [7, 11) is 1.98. The van der Waals surface area contributed by atoms with E-state index in [2.05, 4.69) is 46.1 Å². The average molecular weight is 258 g/mol. The maximum atomic E-state index is 4.60. The molecule has 0 fully saturated rings. The zero-order valence-corrected chi connectivity index (χ0v) is 11.9. The maximum absolute atomic E-state index is 4.60. The Hall–Kier alpha value is -1.68. The van der Waals surface area contributed by atoms with Gasteiger partial charge in [-0.3, -0.25) is 9.67 Å². The minimum atomic E-state index is 0.230. The molecule has 0 radical (unpaired) electrons. The largest absolute Gasteiger partial charge is 0.311 e. The van der Waals surface area contributed by atoms with Crippen LogP contribution in [0.3, 0.4) is 0 Å². The summed E-state index contributed by atoms with van der Waals surface area (Å²) in [5.74, 6) is 0. The van der Waals surface area contributed by atoms with Crippen LogP contribution in [0.2, 0.25) is 0 Å². The summed E-state index contributed by atoms with van der Waals surface area (Å²) in [6.07, 6.45) is 3.73. The molecule has 1 atom stereocenters. The second-order valence-corrected chi connectivity index (χ2v) is 4.60. The van der Waals surface area contributed by atoms with Gasteiger partial charge < -0.3 is 5.32 Å². The van der Waals surface area contributed by atoms with Crippen molar-refractivity contribution in [1.29, 1.82) is 0 Å². The van der Waals surface area contributed by atoms with Crippen LogP contribution in [-0.2, 0) is 19.4 Å². The summed E-state index contributed by atoms with van der Waals surface area (Å²) in [5, 5.41) is 7.94. The molecule has 0 aliphatic carbocycles. The molecule has 0 bridgehead atoms. The molecule has 2 heterocycles. The fourth-order valence-corrected chi connectivity index (χ4v) is 2.27. The van der Waals surface area contributed by atoms with E-state index in [4.69, 9.17) is 0 Å². The first-order valence-corrected chi connectivity index (χ1v) is 6.92. The van der Waals surface area contributed by atoms with Gasteiger partial charge in [-0.15, -0.1) is 0 Å². The molecular weight excluding hydrogens is 236 g/mol. The molecule has 0 saturated heterocycles. The van der Waals surface area contributed by atoms with Gasteiger partial charge in [0.05, 0.1) is 17.4 Å². The Bertz CT molecular complexity index is 504. The first kappa shape index (κ1) is 13.7. The highest BCUT2D eigenvalue weighted by Crippen LogP contribution is 2.17. The number of hydrogen-bond donors (Lipinski definition) is 1. The molecule has 19 heavy (non-hydrogen) atoms. The summed E-state index contributed by atoms with van der Waals surface area (Å²) in [6, 6.07) is 8.47. The van der Waals surface area contributed by atoms with E-state index >= 15 is 0 Å². The van der Waals surface area contributed by atoms with Crippen LogP contribution in [0.4, 0.5) is 0 Å². The smallest absolute Gasteiger partial charge is 0.0624 e. The zero-order chi connectivity index (χ0) is 13.7. The first-order valence-electron chi connectivity index (χ1n) is 6.92. The van der Waals surface area contributed by atoms with Gasteiger partial charge in [-0.25, -0.2) is 0 Å². The number of aryl methyl sites for hydroxylation is 2. The minimum absolute atomic E-state index is 0.230. The van der Waals surface area contributed by atoms with E-state index in [0.29, 0.717) is 0 Å². The fraction of sp³-hybridized carbons (Fsp3) is 0.467. The van der Waals surface area contributed by atoms with Crippen molar-refractivity contribution in [2.45, 2.75) is 39.3 Å². The quantitative estimate of drug-likeness (QED) is 0.865. The predicted molar refractivity (Wildman–Crippen MR) is 77.0 cm³/mol. The Morgan fingerprint density at radius 1 is 1.32 bits per heavy atom. The third-order valence-electron chi connectivity index (χ3n) is 3.38. The van der Waals surface area contributed by atoms with Crippen molar-refractivity contribution in [2.75, 3.05) is 7.05 Å². The third kappa shape index (κ3) is 3.20. The second kappa shape index (κ2) is 6.48. The molecule has 4 nitrogen and oxygen atoms in total. The van der Waals surface area contributed by atoms with Crippen molar-refractivity contribution in [1.82, 2.24) is 20.1 Å². The van der Waals surface area contributed by atoms with Crippen molar-refractivity contribution in [3.8, 4) is 0 Å². The lowest BCUT2D eigenvalue weighted by molar-refractivity contribution is 0.531. The number of rotatable bonds is 6. The van der Waals surface area contributed by atoms with Gasteiger partial charge in [-0.1, -0.05) is 13.0 Å². The molecule has 2 aromatic rings. The van der Waals surface area contributed by atoms with E-state index in [-0.39, 0.29) is 6.04 Å². The van der Waals surface area contributed by atoms with Crippen LogP contribution in [0.25, 0.3) is 0 Å². The van der Waals surface area contributed by atoms with Gasteiger partial charge in [0.15, 0.2) is 0 Å². The van der Waals surface area contributed by atoms with Crippen molar-refractivity contribution in [3.05, 3.63) is 47.5 Å². The van der Waals surface area contributed by atoms with Crippen molar-refractivity contribution >= 4 is 0 Å².